The number of esters is 1. The fraction of sp³-hybridized carbons (Fsp3) is 0.750. The highest BCUT2D eigenvalue weighted by Gasteiger charge is 2.13. The Hall–Kier alpha value is -0.990. The molecule has 1 rings (SSSR count). The smallest absolute Gasteiger partial charge is 0.332 e. The second-order valence-corrected chi connectivity index (χ2v) is 3.96. The van der Waals surface area contributed by atoms with Gasteiger partial charge < -0.3 is 9.64 Å². The van der Waals surface area contributed by atoms with Crippen LogP contribution in [-0.2, 0) is 9.53 Å². The second-order valence-electron chi connectivity index (χ2n) is 3.96. The molecule has 3 nitrogen and oxygen atoms in total. The zero-order valence-electron chi connectivity index (χ0n) is 9.79. The molecule has 0 saturated carbocycles. The van der Waals surface area contributed by atoms with Crippen molar-refractivity contribution in [1.29, 1.82) is 0 Å². The average Bonchev–Trinajstić information content (AvgIpc) is 2.29. The fourth-order valence-electron chi connectivity index (χ4n) is 1.95. The molecule has 15 heavy (non-hydrogen) atoms. The summed E-state index contributed by atoms with van der Waals surface area (Å²) in [7, 11) is 1.43. The first-order valence-corrected chi connectivity index (χ1v) is 5.81. The molecule has 1 aliphatic rings. The summed E-state index contributed by atoms with van der Waals surface area (Å²) >= 11 is 0. The van der Waals surface area contributed by atoms with Crippen LogP contribution in [0.1, 0.15) is 39.0 Å². The van der Waals surface area contributed by atoms with Crippen molar-refractivity contribution in [2.75, 3.05) is 20.2 Å². The molecule has 1 aliphatic heterocycles. The van der Waals surface area contributed by atoms with Gasteiger partial charge in [-0.05, 0) is 25.7 Å². The molecular formula is C12H21NO2. The van der Waals surface area contributed by atoms with Crippen LogP contribution in [0.3, 0.4) is 0 Å². The van der Waals surface area contributed by atoms with E-state index >= 15 is 0 Å². The third-order valence-corrected chi connectivity index (χ3v) is 2.75. The molecule has 0 bridgehead atoms. The largest absolute Gasteiger partial charge is 0.466 e. The van der Waals surface area contributed by atoms with Gasteiger partial charge in [0.15, 0.2) is 0 Å². The predicted molar refractivity (Wildman–Crippen MR) is 60.4 cm³/mol. The number of methoxy groups -OCH3 is 1. The van der Waals surface area contributed by atoms with E-state index in [2.05, 4.69) is 16.6 Å². The van der Waals surface area contributed by atoms with Crippen LogP contribution in [0, 0.1) is 0 Å². The van der Waals surface area contributed by atoms with Gasteiger partial charge in [-0.1, -0.05) is 13.3 Å². The Kier molecular flexibility index (Phi) is 5.22. The summed E-state index contributed by atoms with van der Waals surface area (Å²) in [6.07, 6.45) is 7.47. The SMILES string of the molecule is CCC/C(=C\C(=O)OC)N1CCCCC1. The maximum Gasteiger partial charge on any atom is 0.332 e. The molecule has 0 aromatic rings. The molecule has 0 unspecified atom stereocenters. The molecule has 0 amide bonds. The standard InChI is InChI=1S/C12H21NO2/c1-3-7-11(10-12(14)15-2)13-8-5-4-6-9-13/h10H,3-9H2,1-2H3/b11-10+. The van der Waals surface area contributed by atoms with Gasteiger partial charge in [-0.3, -0.25) is 0 Å². The lowest BCUT2D eigenvalue weighted by Crippen LogP contribution is -2.29. The first kappa shape index (κ1) is 12.1. The number of ether oxygens (including phenoxy) is 1. The number of allylic oxidation sites excluding steroid dienone is 1. The minimum atomic E-state index is -0.232. The average molecular weight is 211 g/mol. The first-order valence-electron chi connectivity index (χ1n) is 5.81. The van der Waals surface area contributed by atoms with E-state index in [0.717, 1.165) is 31.6 Å². The van der Waals surface area contributed by atoms with Crippen LogP contribution in [0.25, 0.3) is 0 Å². The van der Waals surface area contributed by atoms with Gasteiger partial charge in [0.25, 0.3) is 0 Å². The topological polar surface area (TPSA) is 29.5 Å². The van der Waals surface area contributed by atoms with Gasteiger partial charge in [0.2, 0.25) is 0 Å². The number of likely N-dealkylation sites (tertiary alicyclic amines) is 1. The van der Waals surface area contributed by atoms with Crippen molar-refractivity contribution in [1.82, 2.24) is 4.90 Å². The van der Waals surface area contributed by atoms with E-state index in [1.165, 1.54) is 26.4 Å². The monoisotopic (exact) mass is 211 g/mol. The van der Waals surface area contributed by atoms with E-state index in [4.69, 9.17) is 0 Å². The Morgan fingerprint density at radius 3 is 2.53 bits per heavy atom. The number of carbonyl (C=O) groups excluding carboxylic acids is 1. The van der Waals surface area contributed by atoms with E-state index in [1.54, 1.807) is 6.08 Å². The lowest BCUT2D eigenvalue weighted by atomic mass is 10.1. The molecule has 3 heteroatoms. The summed E-state index contributed by atoms with van der Waals surface area (Å²) in [6, 6.07) is 0. The normalized spacial score (nSPS) is 17.7. The highest BCUT2D eigenvalue weighted by atomic mass is 16.5. The van der Waals surface area contributed by atoms with E-state index in [0.29, 0.717) is 0 Å². The zero-order chi connectivity index (χ0) is 11.1. The molecule has 0 aromatic carbocycles. The van der Waals surface area contributed by atoms with Gasteiger partial charge in [-0.25, -0.2) is 4.79 Å². The van der Waals surface area contributed by atoms with E-state index in [9.17, 15) is 4.79 Å². The van der Waals surface area contributed by atoms with Gasteiger partial charge in [0.1, 0.15) is 0 Å². The molecule has 0 radical (unpaired) electrons. The zero-order valence-corrected chi connectivity index (χ0v) is 9.79. The maximum absolute atomic E-state index is 11.2. The van der Waals surface area contributed by atoms with Crippen molar-refractivity contribution in [3.05, 3.63) is 11.8 Å². The van der Waals surface area contributed by atoms with Crippen LogP contribution < -0.4 is 0 Å². The van der Waals surface area contributed by atoms with Crippen molar-refractivity contribution in [2.24, 2.45) is 0 Å². The number of carbonyl (C=O) groups is 1. The Labute approximate surface area is 92.1 Å². The summed E-state index contributed by atoms with van der Waals surface area (Å²) in [5, 5.41) is 0. The van der Waals surface area contributed by atoms with Crippen LogP contribution in [-0.4, -0.2) is 31.1 Å². The van der Waals surface area contributed by atoms with Gasteiger partial charge in [0.05, 0.1) is 7.11 Å². The van der Waals surface area contributed by atoms with Crippen molar-refractivity contribution < 1.29 is 9.53 Å². The van der Waals surface area contributed by atoms with E-state index in [1.807, 2.05) is 0 Å². The van der Waals surface area contributed by atoms with Crippen LogP contribution in [0.15, 0.2) is 11.8 Å². The van der Waals surface area contributed by atoms with Crippen molar-refractivity contribution in [3.8, 4) is 0 Å². The Morgan fingerprint density at radius 2 is 2.00 bits per heavy atom. The minimum absolute atomic E-state index is 0.232. The lowest BCUT2D eigenvalue weighted by molar-refractivity contribution is -0.135. The van der Waals surface area contributed by atoms with E-state index < -0.39 is 0 Å². The van der Waals surface area contributed by atoms with Crippen molar-refractivity contribution in [2.45, 2.75) is 39.0 Å². The number of hydrogen-bond donors (Lipinski definition) is 0. The molecule has 1 saturated heterocycles. The number of hydrogen-bond acceptors (Lipinski definition) is 3. The van der Waals surface area contributed by atoms with E-state index in [-0.39, 0.29) is 5.97 Å². The molecule has 1 heterocycles. The van der Waals surface area contributed by atoms with Gasteiger partial charge >= 0.3 is 5.97 Å². The Bertz CT molecular complexity index is 230. The molecule has 0 aliphatic carbocycles. The van der Waals surface area contributed by atoms with Gasteiger partial charge in [-0.2, -0.15) is 0 Å². The Balaban J connectivity index is 2.62. The van der Waals surface area contributed by atoms with Crippen LogP contribution in [0.4, 0.5) is 0 Å². The molecule has 0 atom stereocenters. The van der Waals surface area contributed by atoms with Gasteiger partial charge in [0, 0.05) is 24.9 Å². The molecule has 1 fully saturated rings. The predicted octanol–water partition coefficient (Wildman–Crippen LogP) is 2.33. The van der Waals surface area contributed by atoms with Crippen molar-refractivity contribution in [3.63, 3.8) is 0 Å². The lowest BCUT2D eigenvalue weighted by Gasteiger charge is -2.30. The summed E-state index contributed by atoms with van der Waals surface area (Å²) < 4.78 is 4.68. The number of rotatable bonds is 4. The summed E-state index contributed by atoms with van der Waals surface area (Å²) in [5.41, 5.74) is 1.14. The molecule has 0 aromatic heterocycles. The summed E-state index contributed by atoms with van der Waals surface area (Å²) in [6.45, 7) is 4.31. The highest BCUT2D eigenvalue weighted by molar-refractivity contribution is 5.82. The highest BCUT2D eigenvalue weighted by Crippen LogP contribution is 2.18. The third-order valence-electron chi connectivity index (χ3n) is 2.75. The molecular weight excluding hydrogens is 190 g/mol. The minimum Gasteiger partial charge on any atom is -0.466 e. The number of piperidine rings is 1. The molecule has 86 valence electrons. The van der Waals surface area contributed by atoms with Crippen molar-refractivity contribution >= 4 is 5.97 Å². The summed E-state index contributed by atoms with van der Waals surface area (Å²) in [5.74, 6) is -0.232. The first-order chi connectivity index (χ1) is 7.27. The Morgan fingerprint density at radius 1 is 1.33 bits per heavy atom. The van der Waals surface area contributed by atoms with Gasteiger partial charge in [-0.15, -0.1) is 0 Å². The molecule has 0 spiro atoms. The fourth-order valence-corrected chi connectivity index (χ4v) is 1.95. The van der Waals surface area contributed by atoms with Crippen LogP contribution in [0.2, 0.25) is 0 Å². The summed E-state index contributed by atoms with van der Waals surface area (Å²) in [4.78, 5) is 13.5. The maximum atomic E-state index is 11.2. The second kappa shape index (κ2) is 6.49. The van der Waals surface area contributed by atoms with Crippen LogP contribution >= 0.6 is 0 Å². The quantitative estimate of drug-likeness (QED) is 0.528. The number of nitrogens with zero attached hydrogens (tertiary/aromatic N) is 1. The molecule has 0 N–H and O–H groups in total. The van der Waals surface area contributed by atoms with Crippen LogP contribution in [0.5, 0.6) is 0 Å². The third kappa shape index (κ3) is 3.94.